The molecule has 4 heterocycles. The first-order valence-electron chi connectivity index (χ1n) is 9.90. The highest BCUT2D eigenvalue weighted by atomic mass is 15.3. The lowest BCUT2D eigenvalue weighted by Gasteiger charge is -2.09. The van der Waals surface area contributed by atoms with Crippen LogP contribution in [0, 0.1) is 0 Å². The van der Waals surface area contributed by atoms with Crippen molar-refractivity contribution in [2.45, 2.75) is 13.8 Å². The molecule has 0 aromatic carbocycles. The van der Waals surface area contributed by atoms with Gasteiger partial charge in [-0.25, -0.2) is 9.97 Å². The zero-order chi connectivity index (χ0) is 22.2. The van der Waals surface area contributed by atoms with Crippen LogP contribution in [0.5, 0.6) is 0 Å². The highest BCUT2D eigenvalue weighted by molar-refractivity contribution is 5.99. The van der Waals surface area contributed by atoms with E-state index >= 15 is 0 Å². The normalized spacial score (nSPS) is 11.8. The van der Waals surface area contributed by atoms with Crippen molar-refractivity contribution in [3.8, 4) is 11.4 Å². The van der Waals surface area contributed by atoms with E-state index in [-0.39, 0.29) is 0 Å². The van der Waals surface area contributed by atoms with Crippen LogP contribution >= 0.6 is 0 Å². The Morgan fingerprint density at radius 3 is 1.69 bits per heavy atom. The molecule has 0 radical (unpaired) electrons. The van der Waals surface area contributed by atoms with Crippen LogP contribution in [-0.2, 0) is 0 Å². The van der Waals surface area contributed by atoms with Crippen LogP contribution < -0.4 is 10.9 Å². The molecule has 4 aromatic heterocycles. The molecular weight excluding hydrogens is 402 g/mol. The standard InChI is InChI=1S/C23H21N9/c1-16(18-5-10-24-11-6-18)29-31-21-14-22(28-23(27-21)20-4-3-9-26-15-20)32-30-17(2)19-7-12-25-13-8-19/h3-15H,1-2H3,(H2,27,28,31,32). The maximum atomic E-state index is 4.58. The van der Waals surface area contributed by atoms with Crippen molar-refractivity contribution in [3.05, 3.63) is 90.8 Å². The van der Waals surface area contributed by atoms with E-state index in [9.17, 15) is 0 Å². The predicted octanol–water partition coefficient (Wildman–Crippen LogP) is 4.00. The molecule has 0 aliphatic heterocycles. The maximum absolute atomic E-state index is 4.58. The van der Waals surface area contributed by atoms with Crippen molar-refractivity contribution >= 4 is 23.1 Å². The zero-order valence-corrected chi connectivity index (χ0v) is 17.6. The Morgan fingerprint density at radius 1 is 0.688 bits per heavy atom. The maximum Gasteiger partial charge on any atom is 0.165 e. The van der Waals surface area contributed by atoms with E-state index < -0.39 is 0 Å². The molecule has 0 saturated heterocycles. The van der Waals surface area contributed by atoms with Gasteiger partial charge in [-0.3, -0.25) is 25.8 Å². The fourth-order valence-corrected chi connectivity index (χ4v) is 2.78. The van der Waals surface area contributed by atoms with E-state index in [1.165, 1.54) is 0 Å². The molecule has 4 aromatic rings. The molecule has 2 N–H and O–H groups in total. The molecular formula is C23H21N9. The van der Waals surface area contributed by atoms with Crippen molar-refractivity contribution in [2.75, 3.05) is 10.9 Å². The van der Waals surface area contributed by atoms with E-state index in [0.717, 1.165) is 28.1 Å². The van der Waals surface area contributed by atoms with Crippen LogP contribution in [0.4, 0.5) is 11.6 Å². The highest BCUT2D eigenvalue weighted by Gasteiger charge is 2.08. The Labute approximate surface area is 185 Å². The Kier molecular flexibility index (Phi) is 6.47. The summed E-state index contributed by atoms with van der Waals surface area (Å²) in [5, 5.41) is 8.89. The van der Waals surface area contributed by atoms with Crippen LogP contribution in [-0.4, -0.2) is 36.3 Å². The summed E-state index contributed by atoms with van der Waals surface area (Å²) in [6.07, 6.45) is 10.3. The highest BCUT2D eigenvalue weighted by Crippen LogP contribution is 2.20. The minimum absolute atomic E-state index is 0.499. The second-order valence-corrected chi connectivity index (χ2v) is 6.79. The molecule has 0 aliphatic carbocycles. The van der Waals surface area contributed by atoms with Crippen LogP contribution in [0.15, 0.2) is 89.8 Å². The van der Waals surface area contributed by atoms with Gasteiger partial charge in [0.2, 0.25) is 0 Å². The largest absolute Gasteiger partial charge is 0.265 e. The molecule has 0 spiro atoms. The van der Waals surface area contributed by atoms with E-state index in [1.807, 2.05) is 50.2 Å². The molecule has 158 valence electrons. The molecule has 0 fully saturated rings. The number of anilines is 2. The monoisotopic (exact) mass is 423 g/mol. The molecule has 9 nitrogen and oxygen atoms in total. The molecule has 0 aliphatic rings. The first-order chi connectivity index (χ1) is 15.7. The van der Waals surface area contributed by atoms with Crippen LogP contribution in [0.3, 0.4) is 0 Å². The average Bonchev–Trinajstić information content (AvgIpc) is 2.87. The molecule has 0 unspecified atom stereocenters. The molecule has 32 heavy (non-hydrogen) atoms. The number of hydrogen-bond donors (Lipinski definition) is 2. The second kappa shape index (κ2) is 9.98. The quantitative estimate of drug-likeness (QED) is 0.341. The number of pyridine rings is 3. The number of aromatic nitrogens is 5. The van der Waals surface area contributed by atoms with Gasteiger partial charge in [0.15, 0.2) is 17.5 Å². The summed E-state index contributed by atoms with van der Waals surface area (Å²) in [7, 11) is 0. The third kappa shape index (κ3) is 5.33. The summed E-state index contributed by atoms with van der Waals surface area (Å²) in [5.41, 5.74) is 10.3. The minimum Gasteiger partial charge on any atom is -0.265 e. The van der Waals surface area contributed by atoms with E-state index in [0.29, 0.717) is 17.5 Å². The van der Waals surface area contributed by atoms with Gasteiger partial charge in [0.25, 0.3) is 0 Å². The molecule has 0 bridgehead atoms. The molecule has 9 heteroatoms. The Bertz CT molecular complexity index is 1150. The van der Waals surface area contributed by atoms with Crippen molar-refractivity contribution < 1.29 is 0 Å². The van der Waals surface area contributed by atoms with Gasteiger partial charge < -0.3 is 0 Å². The lowest BCUT2D eigenvalue weighted by molar-refractivity contribution is 1.12. The van der Waals surface area contributed by atoms with Gasteiger partial charge in [-0.2, -0.15) is 10.2 Å². The second-order valence-electron chi connectivity index (χ2n) is 6.79. The summed E-state index contributed by atoms with van der Waals surface area (Å²) in [5.74, 6) is 1.54. The van der Waals surface area contributed by atoms with Crippen molar-refractivity contribution in [1.29, 1.82) is 0 Å². The topological polar surface area (TPSA) is 113 Å². The fraction of sp³-hybridized carbons (Fsp3) is 0.0870. The van der Waals surface area contributed by atoms with Crippen LogP contribution in [0.2, 0.25) is 0 Å². The van der Waals surface area contributed by atoms with E-state index in [1.54, 1.807) is 43.2 Å². The SMILES string of the molecule is CC(=NNc1cc(NN=C(C)c2ccncc2)nc(-c2cccnc2)n1)c1ccncc1. The molecule has 4 rings (SSSR count). The Morgan fingerprint density at radius 2 is 1.22 bits per heavy atom. The summed E-state index contributed by atoms with van der Waals surface area (Å²) in [6.45, 7) is 3.82. The zero-order valence-electron chi connectivity index (χ0n) is 17.6. The smallest absolute Gasteiger partial charge is 0.165 e. The van der Waals surface area contributed by atoms with Gasteiger partial charge >= 0.3 is 0 Å². The Hall–Kier alpha value is -4.53. The van der Waals surface area contributed by atoms with Crippen molar-refractivity contribution in [3.63, 3.8) is 0 Å². The third-order valence-corrected chi connectivity index (χ3v) is 4.52. The van der Waals surface area contributed by atoms with Gasteiger partial charge in [0.1, 0.15) is 0 Å². The average molecular weight is 423 g/mol. The van der Waals surface area contributed by atoms with Gasteiger partial charge in [0, 0.05) is 59.9 Å². The fourth-order valence-electron chi connectivity index (χ4n) is 2.78. The number of rotatable bonds is 7. The molecule has 0 atom stereocenters. The number of nitrogens with one attached hydrogen (secondary N) is 2. The van der Waals surface area contributed by atoms with Gasteiger partial charge in [-0.15, -0.1) is 0 Å². The Balaban J connectivity index is 1.62. The van der Waals surface area contributed by atoms with Crippen LogP contribution in [0.25, 0.3) is 11.4 Å². The first-order valence-corrected chi connectivity index (χ1v) is 9.90. The van der Waals surface area contributed by atoms with Crippen molar-refractivity contribution in [1.82, 2.24) is 24.9 Å². The summed E-state index contributed by atoms with van der Waals surface area (Å²) >= 11 is 0. The summed E-state index contributed by atoms with van der Waals surface area (Å²) in [4.78, 5) is 21.4. The molecule has 0 amide bonds. The van der Waals surface area contributed by atoms with Crippen LogP contribution in [0.1, 0.15) is 25.0 Å². The van der Waals surface area contributed by atoms with E-state index in [2.05, 4.69) is 46.0 Å². The van der Waals surface area contributed by atoms with Gasteiger partial charge in [0.05, 0.1) is 11.4 Å². The lowest BCUT2D eigenvalue weighted by Crippen LogP contribution is -2.05. The van der Waals surface area contributed by atoms with Crippen molar-refractivity contribution in [2.24, 2.45) is 10.2 Å². The number of hydrogen-bond acceptors (Lipinski definition) is 9. The molecule has 0 saturated carbocycles. The predicted molar refractivity (Wildman–Crippen MR) is 125 cm³/mol. The minimum atomic E-state index is 0.499. The van der Waals surface area contributed by atoms with E-state index in [4.69, 9.17) is 0 Å². The number of nitrogens with zero attached hydrogens (tertiary/aromatic N) is 7. The third-order valence-electron chi connectivity index (χ3n) is 4.52. The van der Waals surface area contributed by atoms with Gasteiger partial charge in [-0.05, 0) is 50.2 Å². The summed E-state index contributed by atoms with van der Waals surface area (Å²) in [6, 6.07) is 13.1. The van der Waals surface area contributed by atoms with Gasteiger partial charge in [-0.1, -0.05) is 0 Å². The first kappa shape index (κ1) is 20.7. The summed E-state index contributed by atoms with van der Waals surface area (Å²) < 4.78 is 0. The lowest BCUT2D eigenvalue weighted by atomic mass is 10.2. The number of hydrazone groups is 2.